The highest BCUT2D eigenvalue weighted by Gasteiger charge is 2.34. The van der Waals surface area contributed by atoms with E-state index in [0.717, 1.165) is 12.5 Å². The minimum Gasteiger partial charge on any atom is -0.319 e. The van der Waals surface area contributed by atoms with E-state index in [1.165, 1.54) is 19.2 Å². The molecule has 2 N–H and O–H groups in total. The molecule has 0 saturated carbocycles. The van der Waals surface area contributed by atoms with E-state index in [0.29, 0.717) is 5.71 Å². The van der Waals surface area contributed by atoms with Crippen molar-refractivity contribution >= 4 is 5.71 Å². The van der Waals surface area contributed by atoms with Gasteiger partial charge in [-0.1, -0.05) is 31.2 Å². The zero-order chi connectivity index (χ0) is 14.5. The lowest BCUT2D eigenvalue weighted by Crippen LogP contribution is -2.23. The van der Waals surface area contributed by atoms with E-state index < -0.39 is 17.8 Å². The molecule has 1 rings (SSSR count). The highest BCUT2D eigenvalue weighted by molar-refractivity contribution is 5.99. The van der Waals surface area contributed by atoms with E-state index in [9.17, 15) is 13.2 Å². The van der Waals surface area contributed by atoms with E-state index in [1.807, 2.05) is 13.0 Å². The van der Waals surface area contributed by atoms with Crippen molar-refractivity contribution in [2.45, 2.75) is 25.6 Å². The monoisotopic (exact) mass is 270 g/mol. The number of aliphatic imine (C=N–C) groups is 1. The van der Waals surface area contributed by atoms with Crippen molar-refractivity contribution in [1.82, 2.24) is 0 Å². The second kappa shape index (κ2) is 6.52. The molecule has 0 aliphatic heterocycles. The van der Waals surface area contributed by atoms with Crippen LogP contribution in [0.1, 0.15) is 30.5 Å². The van der Waals surface area contributed by atoms with Gasteiger partial charge in [-0.2, -0.15) is 13.2 Å². The molecule has 0 radical (unpaired) electrons. The van der Waals surface area contributed by atoms with Gasteiger partial charge in [0.05, 0.1) is 17.3 Å². The average Bonchev–Trinajstić information content (AvgIpc) is 2.38. The summed E-state index contributed by atoms with van der Waals surface area (Å²) in [5, 5.41) is 0. The van der Waals surface area contributed by atoms with Crippen LogP contribution in [-0.4, -0.2) is 12.8 Å². The van der Waals surface area contributed by atoms with E-state index in [-0.39, 0.29) is 5.56 Å². The molecule has 0 spiro atoms. The minimum atomic E-state index is -4.42. The van der Waals surface area contributed by atoms with Crippen LogP contribution < -0.4 is 5.73 Å². The SMILES string of the molecule is CC/C=C\C(=NC)C(N)c1ccccc1C(F)(F)F. The van der Waals surface area contributed by atoms with E-state index in [1.54, 1.807) is 12.1 Å². The Bertz CT molecular complexity index is 476. The normalized spacial score (nSPS) is 14.9. The Hall–Kier alpha value is -1.62. The number of nitrogens with two attached hydrogens (primary N) is 1. The average molecular weight is 270 g/mol. The number of allylic oxidation sites excluding steroid dienone is 1. The third kappa shape index (κ3) is 3.92. The summed E-state index contributed by atoms with van der Waals surface area (Å²) in [6, 6.07) is 4.43. The molecule has 1 aromatic rings. The summed E-state index contributed by atoms with van der Waals surface area (Å²) in [7, 11) is 1.52. The molecule has 0 amide bonds. The van der Waals surface area contributed by atoms with Crippen molar-refractivity contribution < 1.29 is 13.2 Å². The van der Waals surface area contributed by atoms with Crippen LogP contribution in [0.4, 0.5) is 13.2 Å². The first kappa shape index (κ1) is 15.4. The van der Waals surface area contributed by atoms with Crippen molar-refractivity contribution in [3.63, 3.8) is 0 Å². The van der Waals surface area contributed by atoms with Crippen LogP contribution in [0.5, 0.6) is 0 Å². The van der Waals surface area contributed by atoms with Gasteiger partial charge < -0.3 is 5.73 Å². The van der Waals surface area contributed by atoms with Crippen LogP contribution in [0.3, 0.4) is 0 Å². The minimum absolute atomic E-state index is 0.0383. The predicted molar refractivity (Wildman–Crippen MR) is 71.2 cm³/mol. The Morgan fingerprint density at radius 1 is 1.37 bits per heavy atom. The van der Waals surface area contributed by atoms with Crippen LogP contribution in [0.25, 0.3) is 0 Å². The van der Waals surface area contributed by atoms with Crippen LogP contribution in [0.2, 0.25) is 0 Å². The first-order valence-electron chi connectivity index (χ1n) is 5.96. The van der Waals surface area contributed by atoms with Crippen LogP contribution in [0, 0.1) is 0 Å². The van der Waals surface area contributed by atoms with E-state index >= 15 is 0 Å². The van der Waals surface area contributed by atoms with Crippen molar-refractivity contribution in [2.75, 3.05) is 7.05 Å². The fourth-order valence-corrected chi connectivity index (χ4v) is 1.74. The van der Waals surface area contributed by atoms with Gasteiger partial charge in [-0.05, 0) is 24.1 Å². The summed E-state index contributed by atoms with van der Waals surface area (Å²) in [6.45, 7) is 1.93. The van der Waals surface area contributed by atoms with Crippen molar-refractivity contribution in [3.8, 4) is 0 Å². The molecule has 1 unspecified atom stereocenters. The van der Waals surface area contributed by atoms with Crippen LogP contribution in [-0.2, 0) is 6.18 Å². The summed E-state index contributed by atoms with van der Waals surface area (Å²) in [6.07, 6.45) is -0.162. The van der Waals surface area contributed by atoms with Gasteiger partial charge in [0, 0.05) is 7.05 Å². The number of halogens is 3. The number of alkyl halides is 3. The summed E-state index contributed by atoms with van der Waals surface area (Å²) >= 11 is 0. The molecule has 0 aromatic heterocycles. The Labute approximate surface area is 110 Å². The Morgan fingerprint density at radius 3 is 2.53 bits per heavy atom. The number of hydrogen-bond acceptors (Lipinski definition) is 2. The highest BCUT2D eigenvalue weighted by atomic mass is 19.4. The van der Waals surface area contributed by atoms with Gasteiger partial charge in [0.1, 0.15) is 0 Å². The topological polar surface area (TPSA) is 38.4 Å². The van der Waals surface area contributed by atoms with E-state index in [4.69, 9.17) is 5.73 Å². The van der Waals surface area contributed by atoms with Gasteiger partial charge in [0.15, 0.2) is 0 Å². The molecule has 0 saturated heterocycles. The Balaban J connectivity index is 3.19. The van der Waals surface area contributed by atoms with Crippen molar-refractivity contribution in [1.29, 1.82) is 0 Å². The molecule has 0 aliphatic carbocycles. The predicted octanol–water partition coefficient (Wildman–Crippen LogP) is 3.74. The van der Waals surface area contributed by atoms with Gasteiger partial charge in [0.25, 0.3) is 0 Å². The third-order valence-electron chi connectivity index (χ3n) is 2.70. The largest absolute Gasteiger partial charge is 0.416 e. The quantitative estimate of drug-likeness (QED) is 0.831. The van der Waals surface area contributed by atoms with Gasteiger partial charge in [-0.25, -0.2) is 0 Å². The van der Waals surface area contributed by atoms with Crippen molar-refractivity contribution in [2.24, 2.45) is 10.7 Å². The molecular weight excluding hydrogens is 253 g/mol. The molecule has 1 aromatic carbocycles. The summed E-state index contributed by atoms with van der Waals surface area (Å²) < 4.78 is 38.7. The molecule has 0 heterocycles. The van der Waals surface area contributed by atoms with Crippen LogP contribution >= 0.6 is 0 Å². The molecule has 1 atom stereocenters. The molecule has 0 aliphatic rings. The van der Waals surface area contributed by atoms with Gasteiger partial charge in [-0.15, -0.1) is 0 Å². The lowest BCUT2D eigenvalue weighted by atomic mass is 9.96. The molecule has 104 valence electrons. The summed E-state index contributed by atoms with van der Waals surface area (Å²) in [5.41, 5.74) is 5.66. The molecule has 0 fully saturated rings. The number of nitrogens with zero attached hydrogens (tertiary/aromatic N) is 1. The number of rotatable bonds is 4. The molecule has 2 nitrogen and oxygen atoms in total. The lowest BCUT2D eigenvalue weighted by molar-refractivity contribution is -0.138. The molecule has 19 heavy (non-hydrogen) atoms. The number of hydrogen-bond donors (Lipinski definition) is 1. The second-order valence-electron chi connectivity index (χ2n) is 4.02. The number of benzene rings is 1. The maximum atomic E-state index is 12.9. The van der Waals surface area contributed by atoms with Crippen LogP contribution in [0.15, 0.2) is 41.4 Å². The third-order valence-corrected chi connectivity index (χ3v) is 2.70. The molecule has 0 bridgehead atoms. The fourth-order valence-electron chi connectivity index (χ4n) is 1.74. The molecule has 5 heteroatoms. The zero-order valence-electron chi connectivity index (χ0n) is 10.9. The Kier molecular flexibility index (Phi) is 5.30. The molecular formula is C14H17F3N2. The maximum Gasteiger partial charge on any atom is 0.416 e. The zero-order valence-corrected chi connectivity index (χ0v) is 10.9. The van der Waals surface area contributed by atoms with E-state index in [2.05, 4.69) is 4.99 Å². The highest BCUT2D eigenvalue weighted by Crippen LogP contribution is 2.34. The summed E-state index contributed by atoms with van der Waals surface area (Å²) in [5.74, 6) is 0. The maximum absolute atomic E-state index is 12.9. The lowest BCUT2D eigenvalue weighted by Gasteiger charge is -2.18. The van der Waals surface area contributed by atoms with Gasteiger partial charge in [-0.3, -0.25) is 4.99 Å². The standard InChI is InChI=1S/C14H17F3N2/c1-3-4-9-12(19-2)13(18)10-7-5-6-8-11(10)14(15,16)17/h4-9,13H,3,18H2,1-2H3/b9-4-,19-12?. The first-order chi connectivity index (χ1) is 8.91. The second-order valence-corrected chi connectivity index (χ2v) is 4.02. The van der Waals surface area contributed by atoms with Gasteiger partial charge >= 0.3 is 6.18 Å². The summed E-state index contributed by atoms with van der Waals surface area (Å²) in [4.78, 5) is 3.96. The Morgan fingerprint density at radius 2 is 2.00 bits per heavy atom. The smallest absolute Gasteiger partial charge is 0.319 e. The fraction of sp³-hybridized carbons (Fsp3) is 0.357. The first-order valence-corrected chi connectivity index (χ1v) is 5.96. The van der Waals surface area contributed by atoms with Gasteiger partial charge in [0.2, 0.25) is 0 Å². The van der Waals surface area contributed by atoms with Crippen molar-refractivity contribution in [3.05, 3.63) is 47.5 Å².